The smallest absolute Gasteiger partial charge is 0.293 e. The Kier molecular flexibility index (Phi) is 4.14. The zero-order valence-electron chi connectivity index (χ0n) is 11.5. The molecular weight excluding hydrogens is 341 g/mol. The molecule has 0 aliphatic rings. The van der Waals surface area contributed by atoms with Gasteiger partial charge in [-0.1, -0.05) is 34.9 Å². The highest BCUT2D eigenvalue weighted by atomic mass is 35.5. The molecule has 1 N–H and O–H groups in total. The number of nitrogens with zero attached hydrogens (tertiary/aromatic N) is 4. The van der Waals surface area contributed by atoms with Gasteiger partial charge < -0.3 is 4.42 Å². The lowest BCUT2D eigenvalue weighted by Crippen LogP contribution is -2.12. The van der Waals surface area contributed by atoms with Gasteiger partial charge in [0.15, 0.2) is 5.76 Å². The Morgan fingerprint density at radius 3 is 2.87 bits per heavy atom. The molecule has 3 aromatic rings. The van der Waals surface area contributed by atoms with E-state index in [0.717, 1.165) is 4.80 Å². The summed E-state index contributed by atoms with van der Waals surface area (Å²) in [6, 6.07) is 8.11. The molecule has 9 heteroatoms. The van der Waals surface area contributed by atoms with Crippen molar-refractivity contribution in [1.82, 2.24) is 20.2 Å². The molecule has 3 rings (SSSR count). The summed E-state index contributed by atoms with van der Waals surface area (Å²) in [6.45, 7) is 3.48. The fraction of sp³-hybridized carbons (Fsp3) is 0. The number of tetrazole rings is 1. The minimum Gasteiger partial charge on any atom is -0.451 e. The highest BCUT2D eigenvalue weighted by molar-refractivity contribution is 6.35. The molecule has 1 aromatic carbocycles. The number of amides is 1. The van der Waals surface area contributed by atoms with E-state index in [9.17, 15) is 4.79 Å². The standard InChI is InChI=1S/C14H9Cl2N5O2/c1-2-21-19-14(18-20-21)17-13(22)12-6-5-11(23-12)9-7-8(15)3-4-10(9)16/h2-7H,1H2,(H,17,19,22). The van der Waals surface area contributed by atoms with E-state index in [4.69, 9.17) is 27.6 Å². The van der Waals surface area contributed by atoms with Crippen molar-refractivity contribution in [3.05, 3.63) is 52.7 Å². The lowest BCUT2D eigenvalue weighted by atomic mass is 10.2. The van der Waals surface area contributed by atoms with Gasteiger partial charge in [-0.3, -0.25) is 10.1 Å². The van der Waals surface area contributed by atoms with E-state index < -0.39 is 5.91 Å². The fourth-order valence-corrected chi connectivity index (χ4v) is 2.19. The molecule has 2 heterocycles. The molecule has 0 aliphatic heterocycles. The number of carbonyl (C=O) groups is 1. The first-order valence-corrected chi connectivity index (χ1v) is 7.11. The van der Waals surface area contributed by atoms with Gasteiger partial charge in [-0.2, -0.15) is 0 Å². The van der Waals surface area contributed by atoms with Crippen LogP contribution in [0.1, 0.15) is 10.6 Å². The van der Waals surface area contributed by atoms with Crippen molar-refractivity contribution in [3.63, 3.8) is 0 Å². The minimum atomic E-state index is -0.516. The molecule has 0 radical (unpaired) electrons. The van der Waals surface area contributed by atoms with Crippen LogP contribution in [0.15, 0.2) is 41.3 Å². The fourth-order valence-electron chi connectivity index (χ4n) is 1.81. The van der Waals surface area contributed by atoms with Crippen molar-refractivity contribution < 1.29 is 9.21 Å². The highest BCUT2D eigenvalue weighted by Crippen LogP contribution is 2.31. The van der Waals surface area contributed by atoms with Crippen molar-refractivity contribution in [3.8, 4) is 11.3 Å². The van der Waals surface area contributed by atoms with E-state index in [1.807, 2.05) is 0 Å². The van der Waals surface area contributed by atoms with Crippen molar-refractivity contribution >= 4 is 41.3 Å². The molecule has 7 nitrogen and oxygen atoms in total. The first kappa shape index (κ1) is 15.3. The summed E-state index contributed by atoms with van der Waals surface area (Å²) < 4.78 is 5.51. The molecule has 0 saturated heterocycles. The normalized spacial score (nSPS) is 10.5. The molecule has 0 fully saturated rings. The average molecular weight is 350 g/mol. The summed E-state index contributed by atoms with van der Waals surface area (Å²) in [5.41, 5.74) is 0.592. The zero-order chi connectivity index (χ0) is 16.4. The Bertz CT molecular complexity index is 887. The van der Waals surface area contributed by atoms with Gasteiger partial charge in [0.05, 0.1) is 5.02 Å². The van der Waals surface area contributed by atoms with E-state index in [1.165, 1.54) is 12.3 Å². The van der Waals surface area contributed by atoms with Crippen molar-refractivity contribution in [2.45, 2.75) is 0 Å². The third-order valence-corrected chi connectivity index (χ3v) is 3.41. The first-order chi connectivity index (χ1) is 11.1. The summed E-state index contributed by atoms with van der Waals surface area (Å²) in [4.78, 5) is 13.2. The predicted molar refractivity (Wildman–Crippen MR) is 86.3 cm³/mol. The van der Waals surface area contributed by atoms with Gasteiger partial charge in [0.1, 0.15) is 5.76 Å². The minimum absolute atomic E-state index is 0.0358. The van der Waals surface area contributed by atoms with Crippen LogP contribution >= 0.6 is 23.2 Å². The first-order valence-electron chi connectivity index (χ1n) is 6.35. The maximum atomic E-state index is 12.1. The summed E-state index contributed by atoms with van der Waals surface area (Å²) in [5, 5.41) is 14.6. The van der Waals surface area contributed by atoms with E-state index >= 15 is 0 Å². The number of hydrogen-bond donors (Lipinski definition) is 1. The lowest BCUT2D eigenvalue weighted by molar-refractivity contribution is 0.0996. The van der Waals surface area contributed by atoms with Crippen molar-refractivity contribution in [1.29, 1.82) is 0 Å². The second-order valence-corrected chi connectivity index (χ2v) is 5.20. The van der Waals surface area contributed by atoms with Crippen LogP contribution in [-0.2, 0) is 0 Å². The number of halogens is 2. The number of nitrogens with one attached hydrogen (secondary N) is 1. The Morgan fingerprint density at radius 2 is 2.13 bits per heavy atom. The molecule has 0 aliphatic carbocycles. The van der Waals surface area contributed by atoms with E-state index in [0.29, 0.717) is 21.4 Å². The molecule has 0 spiro atoms. The van der Waals surface area contributed by atoms with Gasteiger partial charge in [0, 0.05) is 16.8 Å². The Labute approximate surface area is 140 Å². The van der Waals surface area contributed by atoms with Crippen LogP contribution in [0.5, 0.6) is 0 Å². The maximum Gasteiger partial charge on any atom is 0.293 e. The predicted octanol–water partition coefficient (Wildman–Crippen LogP) is 3.59. The van der Waals surface area contributed by atoms with Crippen LogP contribution in [0, 0.1) is 0 Å². The molecule has 0 bridgehead atoms. The Morgan fingerprint density at radius 1 is 1.30 bits per heavy atom. The van der Waals surface area contributed by atoms with E-state index in [2.05, 4.69) is 27.3 Å². The van der Waals surface area contributed by atoms with Crippen molar-refractivity contribution in [2.24, 2.45) is 0 Å². The topological polar surface area (TPSA) is 85.8 Å². The lowest BCUT2D eigenvalue weighted by Gasteiger charge is -2.01. The molecule has 0 atom stereocenters. The summed E-state index contributed by atoms with van der Waals surface area (Å²) >= 11 is 12.1. The monoisotopic (exact) mass is 349 g/mol. The van der Waals surface area contributed by atoms with Crippen LogP contribution in [0.25, 0.3) is 17.5 Å². The molecule has 1 amide bonds. The van der Waals surface area contributed by atoms with Crippen LogP contribution in [0.4, 0.5) is 5.95 Å². The van der Waals surface area contributed by atoms with Crippen LogP contribution in [0.3, 0.4) is 0 Å². The third-order valence-electron chi connectivity index (χ3n) is 2.84. The van der Waals surface area contributed by atoms with Gasteiger partial charge in [0.25, 0.3) is 11.9 Å². The Hall–Kier alpha value is -2.64. The number of carbonyl (C=O) groups excluding carboxylic acids is 1. The molecule has 2 aromatic heterocycles. The van der Waals surface area contributed by atoms with Gasteiger partial charge in [-0.05, 0) is 35.5 Å². The Balaban J connectivity index is 1.82. The molecular formula is C14H9Cl2N5O2. The summed E-state index contributed by atoms with van der Waals surface area (Å²) in [7, 11) is 0. The third kappa shape index (κ3) is 3.25. The van der Waals surface area contributed by atoms with Gasteiger partial charge in [-0.25, -0.2) is 0 Å². The van der Waals surface area contributed by atoms with E-state index in [1.54, 1.807) is 24.3 Å². The number of rotatable bonds is 4. The molecule has 0 unspecified atom stereocenters. The summed E-state index contributed by atoms with van der Waals surface area (Å²) in [6.07, 6.45) is 1.34. The van der Waals surface area contributed by atoms with E-state index in [-0.39, 0.29) is 11.7 Å². The number of aromatic nitrogens is 4. The van der Waals surface area contributed by atoms with Crippen molar-refractivity contribution in [2.75, 3.05) is 5.32 Å². The number of anilines is 1. The second kappa shape index (κ2) is 6.23. The molecule has 116 valence electrons. The number of hydrogen-bond acceptors (Lipinski definition) is 5. The zero-order valence-corrected chi connectivity index (χ0v) is 13.0. The maximum absolute atomic E-state index is 12.1. The molecule has 0 saturated carbocycles. The van der Waals surface area contributed by atoms with Crippen LogP contribution in [0.2, 0.25) is 10.0 Å². The van der Waals surface area contributed by atoms with Gasteiger partial charge >= 0.3 is 0 Å². The van der Waals surface area contributed by atoms with Crippen LogP contribution < -0.4 is 5.32 Å². The largest absolute Gasteiger partial charge is 0.451 e. The number of benzene rings is 1. The average Bonchev–Trinajstić information content (AvgIpc) is 3.18. The van der Waals surface area contributed by atoms with Gasteiger partial charge in [0.2, 0.25) is 0 Å². The number of furan rings is 1. The highest BCUT2D eigenvalue weighted by Gasteiger charge is 2.16. The van der Waals surface area contributed by atoms with Gasteiger partial charge in [-0.15, -0.1) is 9.90 Å². The summed E-state index contributed by atoms with van der Waals surface area (Å²) in [5.74, 6) is 0.0167. The quantitative estimate of drug-likeness (QED) is 0.777. The SMILES string of the molecule is C=Cn1nnc(NC(=O)c2ccc(-c3cc(Cl)ccc3Cl)o2)n1. The van der Waals surface area contributed by atoms with Crippen LogP contribution in [-0.4, -0.2) is 26.1 Å². The molecule has 23 heavy (non-hydrogen) atoms. The second-order valence-electron chi connectivity index (χ2n) is 4.36.